The van der Waals surface area contributed by atoms with Gasteiger partial charge < -0.3 is 15.2 Å². The minimum Gasteiger partial charge on any atom is -0.484 e. The highest BCUT2D eigenvalue weighted by Gasteiger charge is 2.20. The number of nitrogens with one attached hydrogen (secondary N) is 1. The maximum absolute atomic E-state index is 11.9. The molecule has 0 fully saturated rings. The van der Waals surface area contributed by atoms with Gasteiger partial charge in [0.25, 0.3) is 11.6 Å². The number of carboxylic acid groups (broad SMARTS) is 1. The Morgan fingerprint density at radius 3 is 2.31 bits per heavy atom. The number of nitrogens with zero attached hydrogens (tertiary/aromatic N) is 1. The van der Waals surface area contributed by atoms with Gasteiger partial charge in [-0.15, -0.1) is 0 Å². The van der Waals surface area contributed by atoms with Crippen LogP contribution < -0.4 is 10.1 Å². The molecule has 0 radical (unpaired) electrons. The number of aliphatic carboxylic acids is 1. The van der Waals surface area contributed by atoms with Crippen molar-refractivity contribution >= 4 is 29.2 Å². The Balaban J connectivity index is 1.89. The highest BCUT2D eigenvalue weighted by atomic mass is 35.5. The Kier molecular flexibility index (Phi) is 6.51. The molecule has 2 aromatic rings. The van der Waals surface area contributed by atoms with E-state index >= 15 is 0 Å². The molecule has 0 aliphatic carbocycles. The van der Waals surface area contributed by atoms with Crippen LogP contribution >= 0.6 is 11.6 Å². The normalized spacial score (nSPS) is 11.4. The van der Waals surface area contributed by atoms with Crippen LogP contribution in [0.25, 0.3) is 0 Å². The van der Waals surface area contributed by atoms with Crippen LogP contribution in [0.3, 0.4) is 0 Å². The summed E-state index contributed by atoms with van der Waals surface area (Å²) in [7, 11) is 0. The highest BCUT2D eigenvalue weighted by Crippen LogP contribution is 2.17. The van der Waals surface area contributed by atoms with E-state index in [4.69, 9.17) is 16.3 Å². The number of carboxylic acids is 1. The largest absolute Gasteiger partial charge is 0.484 e. The molecule has 1 amide bonds. The number of nitro groups is 1. The lowest BCUT2D eigenvalue weighted by atomic mass is 10.1. The lowest BCUT2D eigenvalue weighted by Gasteiger charge is -2.15. The van der Waals surface area contributed by atoms with Crippen LogP contribution in [0.2, 0.25) is 5.02 Å². The summed E-state index contributed by atoms with van der Waals surface area (Å²) in [6.07, 6.45) is 0.0930. The number of amides is 1. The molecule has 2 N–H and O–H groups in total. The second kappa shape index (κ2) is 8.82. The van der Waals surface area contributed by atoms with Gasteiger partial charge in [-0.3, -0.25) is 14.9 Å². The van der Waals surface area contributed by atoms with Crippen molar-refractivity contribution in [3.8, 4) is 5.75 Å². The first kappa shape index (κ1) is 19.2. The fourth-order valence-corrected chi connectivity index (χ4v) is 2.23. The van der Waals surface area contributed by atoms with Gasteiger partial charge in [-0.1, -0.05) is 23.7 Å². The third-order valence-electron chi connectivity index (χ3n) is 3.40. The fraction of sp³-hybridized carbons (Fsp3) is 0.176. The second-order valence-corrected chi connectivity index (χ2v) is 5.77. The highest BCUT2D eigenvalue weighted by molar-refractivity contribution is 6.30. The van der Waals surface area contributed by atoms with Crippen LogP contribution in [0.15, 0.2) is 48.5 Å². The van der Waals surface area contributed by atoms with Crippen LogP contribution in [-0.4, -0.2) is 34.6 Å². The first-order valence-electron chi connectivity index (χ1n) is 7.49. The van der Waals surface area contributed by atoms with Crippen molar-refractivity contribution in [3.63, 3.8) is 0 Å². The zero-order valence-corrected chi connectivity index (χ0v) is 14.2. The summed E-state index contributed by atoms with van der Waals surface area (Å²) < 4.78 is 5.20. The van der Waals surface area contributed by atoms with E-state index in [2.05, 4.69) is 5.32 Å². The smallest absolute Gasteiger partial charge is 0.326 e. The number of ether oxygens (including phenoxy) is 1. The number of hydrogen-bond donors (Lipinski definition) is 2. The number of halogens is 1. The standard InChI is InChI=1S/C17H15ClN2O6/c18-12-3-1-11(2-4-12)9-15(17(22)23)19-16(21)10-26-14-7-5-13(6-8-14)20(24)25/h1-8,15H,9-10H2,(H,19,21)(H,22,23). The lowest BCUT2D eigenvalue weighted by Crippen LogP contribution is -2.44. The van der Waals surface area contributed by atoms with E-state index in [1.54, 1.807) is 24.3 Å². The zero-order chi connectivity index (χ0) is 19.1. The molecule has 8 nitrogen and oxygen atoms in total. The predicted octanol–water partition coefficient (Wildman–Crippen LogP) is 2.44. The summed E-state index contributed by atoms with van der Waals surface area (Å²) in [6.45, 7) is -0.414. The molecule has 0 spiro atoms. The third-order valence-corrected chi connectivity index (χ3v) is 3.66. The minimum atomic E-state index is -1.18. The van der Waals surface area contributed by atoms with Crippen molar-refractivity contribution in [3.05, 3.63) is 69.2 Å². The average Bonchev–Trinajstić information content (AvgIpc) is 2.61. The second-order valence-electron chi connectivity index (χ2n) is 5.33. The Morgan fingerprint density at radius 2 is 1.77 bits per heavy atom. The zero-order valence-electron chi connectivity index (χ0n) is 13.4. The molecule has 136 valence electrons. The summed E-state index contributed by atoms with van der Waals surface area (Å²) >= 11 is 5.78. The summed E-state index contributed by atoms with van der Waals surface area (Å²) in [5.41, 5.74) is 0.606. The number of carbonyl (C=O) groups excluding carboxylic acids is 1. The first-order chi connectivity index (χ1) is 12.3. The van der Waals surface area contributed by atoms with Gasteiger partial charge in [0.2, 0.25) is 0 Å². The summed E-state index contributed by atoms with van der Waals surface area (Å²) in [6, 6.07) is 10.7. The van der Waals surface area contributed by atoms with Gasteiger partial charge in [-0.2, -0.15) is 0 Å². The monoisotopic (exact) mass is 378 g/mol. The molecule has 0 aliphatic rings. The molecule has 1 unspecified atom stereocenters. The van der Waals surface area contributed by atoms with Crippen LogP contribution in [0.4, 0.5) is 5.69 Å². The van der Waals surface area contributed by atoms with Gasteiger partial charge >= 0.3 is 5.97 Å². The van der Waals surface area contributed by atoms with E-state index in [0.717, 1.165) is 0 Å². The van der Waals surface area contributed by atoms with Crippen molar-refractivity contribution in [2.24, 2.45) is 0 Å². The topological polar surface area (TPSA) is 119 Å². The molecule has 0 heterocycles. The van der Waals surface area contributed by atoms with E-state index in [0.29, 0.717) is 10.6 Å². The van der Waals surface area contributed by atoms with Crippen LogP contribution in [0, 0.1) is 10.1 Å². The Labute approximate surface area is 153 Å². The van der Waals surface area contributed by atoms with Crippen molar-refractivity contribution in [2.45, 2.75) is 12.5 Å². The maximum Gasteiger partial charge on any atom is 0.326 e. The summed E-state index contributed by atoms with van der Waals surface area (Å²) in [4.78, 5) is 33.3. The van der Waals surface area contributed by atoms with Crippen molar-refractivity contribution in [1.29, 1.82) is 0 Å². The molecule has 9 heteroatoms. The molecule has 0 saturated carbocycles. The number of benzene rings is 2. The van der Waals surface area contributed by atoms with Gasteiger partial charge in [-0.25, -0.2) is 4.79 Å². The van der Waals surface area contributed by atoms with Crippen LogP contribution in [0.1, 0.15) is 5.56 Å². The van der Waals surface area contributed by atoms with Gasteiger partial charge in [0.15, 0.2) is 6.61 Å². The van der Waals surface area contributed by atoms with Crippen molar-refractivity contribution in [1.82, 2.24) is 5.32 Å². The van der Waals surface area contributed by atoms with Gasteiger partial charge in [0.05, 0.1) is 4.92 Å². The van der Waals surface area contributed by atoms with E-state index in [9.17, 15) is 24.8 Å². The fourth-order valence-electron chi connectivity index (χ4n) is 2.11. The number of nitro benzene ring substituents is 1. The molecule has 0 saturated heterocycles. The molecule has 2 aromatic carbocycles. The average molecular weight is 379 g/mol. The molecule has 2 rings (SSSR count). The van der Waals surface area contributed by atoms with Crippen LogP contribution in [0.5, 0.6) is 5.75 Å². The summed E-state index contributed by atoms with van der Waals surface area (Å²) in [5.74, 6) is -1.54. The molecule has 26 heavy (non-hydrogen) atoms. The number of rotatable bonds is 8. The van der Waals surface area contributed by atoms with E-state index in [1.165, 1.54) is 24.3 Å². The Bertz CT molecular complexity index is 792. The number of carbonyl (C=O) groups is 2. The minimum absolute atomic E-state index is 0.0930. The molecule has 0 bridgehead atoms. The molecule has 0 aliphatic heterocycles. The van der Waals surface area contributed by atoms with Crippen LogP contribution in [-0.2, 0) is 16.0 Å². The van der Waals surface area contributed by atoms with E-state index in [-0.39, 0.29) is 17.9 Å². The van der Waals surface area contributed by atoms with Crippen molar-refractivity contribution < 1.29 is 24.4 Å². The Morgan fingerprint density at radius 1 is 1.15 bits per heavy atom. The number of hydrogen-bond acceptors (Lipinski definition) is 5. The Hall–Kier alpha value is -3.13. The molecule has 0 aromatic heterocycles. The SMILES string of the molecule is O=C(COc1ccc([N+](=O)[O-])cc1)NC(Cc1ccc(Cl)cc1)C(=O)O. The predicted molar refractivity (Wildman–Crippen MR) is 93.3 cm³/mol. The van der Waals surface area contributed by atoms with E-state index < -0.39 is 29.4 Å². The molecular formula is C17H15ClN2O6. The van der Waals surface area contributed by atoms with Gasteiger partial charge in [0.1, 0.15) is 11.8 Å². The third kappa shape index (κ3) is 5.75. The summed E-state index contributed by atoms with van der Waals surface area (Å²) in [5, 5.41) is 22.7. The maximum atomic E-state index is 11.9. The van der Waals surface area contributed by atoms with Gasteiger partial charge in [-0.05, 0) is 29.8 Å². The number of non-ortho nitro benzene ring substituents is 1. The molecular weight excluding hydrogens is 364 g/mol. The first-order valence-corrected chi connectivity index (χ1v) is 7.87. The van der Waals surface area contributed by atoms with E-state index in [1.807, 2.05) is 0 Å². The van der Waals surface area contributed by atoms with Crippen molar-refractivity contribution in [2.75, 3.05) is 6.61 Å². The molecule has 1 atom stereocenters. The lowest BCUT2D eigenvalue weighted by molar-refractivity contribution is -0.384. The quantitative estimate of drug-likeness (QED) is 0.538. The van der Waals surface area contributed by atoms with Gasteiger partial charge in [0, 0.05) is 23.6 Å².